The van der Waals surface area contributed by atoms with Gasteiger partial charge in [-0.15, -0.1) is 0 Å². The fourth-order valence-electron chi connectivity index (χ4n) is 4.00. The Morgan fingerprint density at radius 1 is 0.941 bits per heavy atom. The Bertz CT molecular complexity index is 1240. The van der Waals surface area contributed by atoms with E-state index in [2.05, 4.69) is 37.2 Å². The standard InChI is InChI=1S/C27H25Br2N3O2/c1-17-3-12-23(18(2)15-17)30-26(33)13-14-27(34)32-25(20-6-10-22(29)11-7-20)16-24(31-32)19-4-8-21(28)9-5-19/h3-12,15,25H,13-14,16H2,1-2H3,(H,30,33)/t25-/m0/s1. The average Bonchev–Trinajstić information content (AvgIpc) is 3.26. The molecule has 1 atom stereocenters. The molecule has 0 spiro atoms. The number of carbonyl (C=O) groups excluding carboxylic acids is 2. The van der Waals surface area contributed by atoms with Gasteiger partial charge in [0.25, 0.3) is 0 Å². The van der Waals surface area contributed by atoms with Gasteiger partial charge in [-0.3, -0.25) is 9.59 Å². The molecular weight excluding hydrogens is 558 g/mol. The van der Waals surface area contributed by atoms with Crippen LogP contribution in [0, 0.1) is 13.8 Å². The topological polar surface area (TPSA) is 61.8 Å². The van der Waals surface area contributed by atoms with Crippen molar-refractivity contribution in [1.82, 2.24) is 5.01 Å². The van der Waals surface area contributed by atoms with Crippen molar-refractivity contribution in [3.05, 3.63) is 97.9 Å². The maximum Gasteiger partial charge on any atom is 0.243 e. The summed E-state index contributed by atoms with van der Waals surface area (Å²) in [6, 6.07) is 21.5. The van der Waals surface area contributed by atoms with Crippen molar-refractivity contribution in [2.24, 2.45) is 5.10 Å². The Labute approximate surface area is 216 Å². The van der Waals surface area contributed by atoms with E-state index in [0.29, 0.717) is 6.42 Å². The molecule has 174 valence electrons. The van der Waals surface area contributed by atoms with E-state index in [9.17, 15) is 9.59 Å². The van der Waals surface area contributed by atoms with Gasteiger partial charge in [0.2, 0.25) is 11.8 Å². The first-order valence-corrected chi connectivity index (χ1v) is 12.7. The van der Waals surface area contributed by atoms with Crippen molar-refractivity contribution < 1.29 is 9.59 Å². The van der Waals surface area contributed by atoms with Gasteiger partial charge in [0.1, 0.15) is 0 Å². The van der Waals surface area contributed by atoms with Gasteiger partial charge in [-0.2, -0.15) is 5.10 Å². The molecule has 1 heterocycles. The summed E-state index contributed by atoms with van der Waals surface area (Å²) in [5.74, 6) is -0.354. The van der Waals surface area contributed by atoms with Gasteiger partial charge in [0.15, 0.2) is 0 Å². The number of carbonyl (C=O) groups is 2. The predicted octanol–water partition coefficient (Wildman–Crippen LogP) is 6.93. The number of anilines is 1. The highest BCUT2D eigenvalue weighted by Gasteiger charge is 2.33. The lowest BCUT2D eigenvalue weighted by atomic mass is 9.98. The van der Waals surface area contributed by atoms with E-state index in [1.165, 1.54) is 0 Å². The summed E-state index contributed by atoms with van der Waals surface area (Å²) in [5, 5.41) is 9.16. The number of hydrazone groups is 1. The van der Waals surface area contributed by atoms with Crippen LogP contribution in [0.2, 0.25) is 0 Å². The zero-order chi connectivity index (χ0) is 24.2. The Morgan fingerprint density at radius 3 is 2.24 bits per heavy atom. The Morgan fingerprint density at radius 2 is 1.59 bits per heavy atom. The maximum atomic E-state index is 13.2. The monoisotopic (exact) mass is 581 g/mol. The van der Waals surface area contributed by atoms with Crippen LogP contribution in [0.1, 0.15) is 47.6 Å². The molecule has 1 aliphatic rings. The minimum atomic E-state index is -0.207. The molecule has 1 N–H and O–H groups in total. The molecule has 0 aromatic heterocycles. The van der Waals surface area contributed by atoms with Crippen LogP contribution < -0.4 is 5.32 Å². The average molecular weight is 583 g/mol. The van der Waals surface area contributed by atoms with Crippen molar-refractivity contribution in [2.75, 3.05) is 5.32 Å². The van der Waals surface area contributed by atoms with Crippen LogP contribution in [0.15, 0.2) is 80.8 Å². The molecule has 0 fully saturated rings. The summed E-state index contributed by atoms with van der Waals surface area (Å²) in [7, 11) is 0. The number of hydrogen-bond acceptors (Lipinski definition) is 3. The second-order valence-corrected chi connectivity index (χ2v) is 10.3. The molecule has 4 rings (SSSR count). The summed E-state index contributed by atoms with van der Waals surface area (Å²) in [6.45, 7) is 3.97. The number of aryl methyl sites for hydroxylation is 2. The van der Waals surface area contributed by atoms with Crippen molar-refractivity contribution in [1.29, 1.82) is 0 Å². The van der Waals surface area contributed by atoms with Crippen LogP contribution in [-0.4, -0.2) is 22.5 Å². The second-order valence-electron chi connectivity index (χ2n) is 8.43. The van der Waals surface area contributed by atoms with Crippen LogP contribution in [0.4, 0.5) is 5.69 Å². The highest BCUT2D eigenvalue weighted by molar-refractivity contribution is 9.10. The van der Waals surface area contributed by atoms with Crippen LogP contribution >= 0.6 is 31.9 Å². The van der Waals surface area contributed by atoms with Gasteiger partial charge >= 0.3 is 0 Å². The number of rotatable bonds is 6. The fourth-order valence-corrected chi connectivity index (χ4v) is 4.53. The lowest BCUT2D eigenvalue weighted by Crippen LogP contribution is -2.28. The quantitative estimate of drug-likeness (QED) is 0.343. The van der Waals surface area contributed by atoms with E-state index in [0.717, 1.165) is 42.6 Å². The highest BCUT2D eigenvalue weighted by Crippen LogP contribution is 2.34. The maximum absolute atomic E-state index is 13.2. The summed E-state index contributed by atoms with van der Waals surface area (Å²) < 4.78 is 1.96. The third kappa shape index (κ3) is 5.83. The number of nitrogens with zero attached hydrogens (tertiary/aromatic N) is 2. The molecule has 0 saturated carbocycles. The molecular formula is C27H25Br2N3O2. The van der Waals surface area contributed by atoms with Crippen molar-refractivity contribution in [2.45, 2.75) is 39.2 Å². The van der Waals surface area contributed by atoms with Gasteiger partial charge in [-0.05, 0) is 60.9 Å². The fraction of sp³-hybridized carbons (Fsp3) is 0.222. The molecule has 7 heteroatoms. The van der Waals surface area contributed by atoms with Crippen LogP contribution in [0.3, 0.4) is 0 Å². The van der Waals surface area contributed by atoms with Crippen molar-refractivity contribution in [3.63, 3.8) is 0 Å². The van der Waals surface area contributed by atoms with Crippen molar-refractivity contribution >= 4 is 55.1 Å². The lowest BCUT2D eigenvalue weighted by Gasteiger charge is -2.22. The van der Waals surface area contributed by atoms with E-state index in [-0.39, 0.29) is 30.7 Å². The van der Waals surface area contributed by atoms with Gasteiger partial charge < -0.3 is 5.32 Å². The first-order valence-electron chi connectivity index (χ1n) is 11.1. The lowest BCUT2D eigenvalue weighted by molar-refractivity contribution is -0.134. The van der Waals surface area contributed by atoms with E-state index >= 15 is 0 Å². The normalized spacial score (nSPS) is 15.2. The first kappa shape index (κ1) is 24.4. The number of hydrogen-bond donors (Lipinski definition) is 1. The van der Waals surface area contributed by atoms with Crippen LogP contribution in [0.25, 0.3) is 0 Å². The van der Waals surface area contributed by atoms with E-state index in [1.807, 2.05) is 80.6 Å². The highest BCUT2D eigenvalue weighted by atomic mass is 79.9. The molecule has 0 radical (unpaired) electrons. The summed E-state index contributed by atoms with van der Waals surface area (Å²) in [4.78, 5) is 25.8. The molecule has 0 bridgehead atoms. The van der Waals surface area contributed by atoms with E-state index in [1.54, 1.807) is 5.01 Å². The number of nitrogens with one attached hydrogen (secondary N) is 1. The van der Waals surface area contributed by atoms with Gasteiger partial charge in [-0.25, -0.2) is 5.01 Å². The van der Waals surface area contributed by atoms with Gasteiger partial charge in [0.05, 0.1) is 11.8 Å². The first-order chi connectivity index (χ1) is 16.3. The van der Waals surface area contributed by atoms with Gasteiger partial charge in [0, 0.05) is 33.9 Å². The Balaban J connectivity index is 1.49. The molecule has 3 aromatic rings. The van der Waals surface area contributed by atoms with Crippen LogP contribution in [-0.2, 0) is 9.59 Å². The predicted molar refractivity (Wildman–Crippen MR) is 143 cm³/mol. The van der Waals surface area contributed by atoms with Crippen LogP contribution in [0.5, 0.6) is 0 Å². The minimum absolute atomic E-state index is 0.0842. The largest absolute Gasteiger partial charge is 0.326 e. The summed E-state index contributed by atoms with van der Waals surface area (Å²) in [5.41, 5.74) is 5.75. The molecule has 0 saturated heterocycles. The van der Waals surface area contributed by atoms with Crippen molar-refractivity contribution in [3.8, 4) is 0 Å². The summed E-state index contributed by atoms with van der Waals surface area (Å²) in [6.07, 6.45) is 0.795. The van der Waals surface area contributed by atoms with Gasteiger partial charge in [-0.1, -0.05) is 73.8 Å². The third-order valence-corrected chi connectivity index (χ3v) is 6.88. The smallest absolute Gasteiger partial charge is 0.243 e. The molecule has 3 aromatic carbocycles. The molecule has 0 aliphatic carbocycles. The zero-order valence-corrected chi connectivity index (χ0v) is 22.2. The number of amides is 2. The van der Waals surface area contributed by atoms with E-state index < -0.39 is 0 Å². The second kappa shape index (κ2) is 10.7. The molecule has 0 unspecified atom stereocenters. The third-order valence-electron chi connectivity index (χ3n) is 5.82. The summed E-state index contributed by atoms with van der Waals surface area (Å²) >= 11 is 6.94. The molecule has 2 amide bonds. The zero-order valence-electron chi connectivity index (χ0n) is 19.0. The molecule has 1 aliphatic heterocycles. The minimum Gasteiger partial charge on any atom is -0.326 e. The number of benzene rings is 3. The Hall–Kier alpha value is -2.77. The SMILES string of the molecule is Cc1ccc(NC(=O)CCC(=O)N2N=C(c3ccc(Br)cc3)C[C@H]2c2ccc(Br)cc2)c(C)c1. The number of halogens is 2. The van der Waals surface area contributed by atoms with E-state index in [4.69, 9.17) is 5.10 Å². The molecule has 5 nitrogen and oxygen atoms in total. The Kier molecular flexibility index (Phi) is 7.63. The molecule has 34 heavy (non-hydrogen) atoms.